The van der Waals surface area contributed by atoms with E-state index in [1.165, 1.54) is 12.3 Å². The molecule has 0 fully saturated rings. The summed E-state index contributed by atoms with van der Waals surface area (Å²) in [5.74, 6) is -0.541. The van der Waals surface area contributed by atoms with Gasteiger partial charge in [0.05, 0.1) is 11.3 Å². The van der Waals surface area contributed by atoms with Crippen LogP contribution in [0.2, 0.25) is 0 Å². The zero-order valence-electron chi connectivity index (χ0n) is 13.9. The molecule has 26 heavy (non-hydrogen) atoms. The van der Waals surface area contributed by atoms with Gasteiger partial charge in [0.2, 0.25) is 12.7 Å². The minimum Gasteiger partial charge on any atom is -0.503 e. The van der Waals surface area contributed by atoms with Crippen molar-refractivity contribution in [2.24, 2.45) is 0 Å². The van der Waals surface area contributed by atoms with E-state index in [4.69, 9.17) is 0 Å². The van der Waals surface area contributed by atoms with Gasteiger partial charge in [0.15, 0.2) is 11.9 Å². The lowest BCUT2D eigenvalue weighted by atomic mass is 10.1. The van der Waals surface area contributed by atoms with Crippen molar-refractivity contribution < 1.29 is 19.3 Å². The van der Waals surface area contributed by atoms with Gasteiger partial charge in [0.25, 0.3) is 11.8 Å². The van der Waals surface area contributed by atoms with Gasteiger partial charge in [-0.2, -0.15) is 4.57 Å². The highest BCUT2D eigenvalue weighted by atomic mass is 16.3. The molecule has 0 atom stereocenters. The predicted molar refractivity (Wildman–Crippen MR) is 97.8 cm³/mol. The van der Waals surface area contributed by atoms with Crippen molar-refractivity contribution in [2.75, 3.05) is 10.6 Å². The summed E-state index contributed by atoms with van der Waals surface area (Å²) in [6.45, 7) is 0.0169. The molecule has 2 aromatic carbocycles. The highest BCUT2D eigenvalue weighted by Gasteiger charge is 2.15. The first kappa shape index (κ1) is 17.2. The molecule has 0 aliphatic heterocycles. The van der Waals surface area contributed by atoms with Crippen LogP contribution in [0, 0.1) is 0 Å². The summed E-state index contributed by atoms with van der Waals surface area (Å²) in [5, 5.41) is 15.0. The van der Waals surface area contributed by atoms with Crippen molar-refractivity contribution >= 4 is 23.2 Å². The van der Waals surface area contributed by atoms with E-state index in [0.29, 0.717) is 16.9 Å². The Kier molecular flexibility index (Phi) is 5.24. The Bertz CT molecular complexity index is 926. The number of carbonyl (C=O) groups excluding carboxylic acids is 2. The van der Waals surface area contributed by atoms with Gasteiger partial charge >= 0.3 is 0 Å². The maximum Gasteiger partial charge on any atom is 0.290 e. The van der Waals surface area contributed by atoms with Crippen LogP contribution in [-0.4, -0.2) is 16.9 Å². The zero-order chi connectivity index (χ0) is 18.4. The van der Waals surface area contributed by atoms with Crippen LogP contribution in [-0.2, 0) is 11.3 Å². The third kappa shape index (κ3) is 4.45. The second-order valence-corrected chi connectivity index (χ2v) is 5.65. The third-order valence-corrected chi connectivity index (χ3v) is 3.65. The molecule has 0 spiro atoms. The molecule has 6 nitrogen and oxygen atoms in total. The average molecular weight is 348 g/mol. The Balaban J connectivity index is 1.72. The number of hydrogen-bond acceptors (Lipinski definition) is 3. The second kappa shape index (κ2) is 7.94. The standard InChI is InChI=1S/C20H17N3O3/c24-16-9-6-12-23(13-16)14-19(25)22-18-11-5-4-10-17(18)20(26)21-15-7-2-1-3-8-15/h1-13H,14H2,(H2-,21,22,24,25,26)/p+1. The maximum atomic E-state index is 12.5. The van der Waals surface area contributed by atoms with Gasteiger partial charge in [0, 0.05) is 11.8 Å². The number of hydrogen-bond donors (Lipinski definition) is 3. The first-order valence-electron chi connectivity index (χ1n) is 8.05. The van der Waals surface area contributed by atoms with E-state index in [1.807, 2.05) is 18.2 Å². The Labute approximate surface area is 150 Å². The minimum absolute atomic E-state index is 0.0169. The summed E-state index contributed by atoms with van der Waals surface area (Å²) < 4.78 is 1.55. The number of aromatic hydroxyl groups is 1. The van der Waals surface area contributed by atoms with Crippen LogP contribution in [0.3, 0.4) is 0 Å². The van der Waals surface area contributed by atoms with Crippen LogP contribution in [0.5, 0.6) is 5.75 Å². The van der Waals surface area contributed by atoms with Crippen molar-refractivity contribution in [1.82, 2.24) is 0 Å². The molecule has 6 heteroatoms. The molecule has 3 rings (SSSR count). The molecular weight excluding hydrogens is 330 g/mol. The normalized spacial score (nSPS) is 10.2. The minimum atomic E-state index is -0.308. The second-order valence-electron chi connectivity index (χ2n) is 5.65. The van der Waals surface area contributed by atoms with Crippen molar-refractivity contribution in [3.05, 3.63) is 84.7 Å². The van der Waals surface area contributed by atoms with Crippen LogP contribution in [0.15, 0.2) is 79.1 Å². The van der Waals surface area contributed by atoms with E-state index in [0.717, 1.165) is 0 Å². The van der Waals surface area contributed by atoms with Gasteiger partial charge in [-0.15, -0.1) is 0 Å². The lowest BCUT2D eigenvalue weighted by Crippen LogP contribution is -2.39. The molecule has 0 radical (unpaired) electrons. The molecule has 0 saturated carbocycles. The molecule has 0 bridgehead atoms. The maximum absolute atomic E-state index is 12.5. The number of aromatic nitrogens is 1. The Morgan fingerprint density at radius 3 is 2.38 bits per heavy atom. The summed E-state index contributed by atoms with van der Waals surface area (Å²) in [6.07, 6.45) is 3.13. The topological polar surface area (TPSA) is 82.3 Å². The van der Waals surface area contributed by atoms with Crippen LogP contribution < -0.4 is 15.2 Å². The number of anilines is 2. The van der Waals surface area contributed by atoms with Gasteiger partial charge in [-0.05, 0) is 30.3 Å². The molecule has 1 heterocycles. The number of benzene rings is 2. The fraction of sp³-hybridized carbons (Fsp3) is 0.0500. The van der Waals surface area contributed by atoms with E-state index in [-0.39, 0.29) is 24.1 Å². The van der Waals surface area contributed by atoms with E-state index in [9.17, 15) is 14.7 Å². The number of rotatable bonds is 5. The molecule has 130 valence electrons. The Hall–Kier alpha value is -3.67. The van der Waals surface area contributed by atoms with Crippen molar-refractivity contribution in [1.29, 1.82) is 0 Å². The monoisotopic (exact) mass is 348 g/mol. The van der Waals surface area contributed by atoms with Gasteiger partial charge in [-0.1, -0.05) is 30.3 Å². The highest BCUT2D eigenvalue weighted by molar-refractivity contribution is 6.09. The molecule has 1 aromatic heterocycles. The molecule has 0 saturated heterocycles. The molecule has 3 aromatic rings. The van der Waals surface area contributed by atoms with E-state index < -0.39 is 0 Å². The summed E-state index contributed by atoms with van der Waals surface area (Å²) in [4.78, 5) is 24.8. The smallest absolute Gasteiger partial charge is 0.290 e. The largest absolute Gasteiger partial charge is 0.503 e. The number of pyridine rings is 1. The Morgan fingerprint density at radius 2 is 1.62 bits per heavy atom. The van der Waals surface area contributed by atoms with E-state index in [1.54, 1.807) is 53.2 Å². The van der Waals surface area contributed by atoms with Crippen LogP contribution in [0.1, 0.15) is 10.4 Å². The molecule has 0 aliphatic rings. The lowest BCUT2D eigenvalue weighted by Gasteiger charge is -2.10. The van der Waals surface area contributed by atoms with Gasteiger partial charge in [0.1, 0.15) is 0 Å². The Morgan fingerprint density at radius 1 is 0.885 bits per heavy atom. The summed E-state index contributed by atoms with van der Waals surface area (Å²) in [6, 6.07) is 19.1. The van der Waals surface area contributed by atoms with Crippen LogP contribution in [0.25, 0.3) is 0 Å². The molecule has 2 amide bonds. The van der Waals surface area contributed by atoms with Crippen molar-refractivity contribution in [3.63, 3.8) is 0 Å². The molecular formula is C20H18N3O3+. The quantitative estimate of drug-likeness (QED) is 0.620. The highest BCUT2D eigenvalue weighted by Crippen LogP contribution is 2.17. The molecule has 0 aliphatic carbocycles. The van der Waals surface area contributed by atoms with Gasteiger partial charge in [-0.3, -0.25) is 9.59 Å². The summed E-state index contributed by atoms with van der Waals surface area (Å²) in [7, 11) is 0. The first-order chi connectivity index (χ1) is 12.6. The van der Waals surface area contributed by atoms with Gasteiger partial charge < -0.3 is 15.7 Å². The number of para-hydroxylation sites is 2. The zero-order valence-corrected chi connectivity index (χ0v) is 13.9. The first-order valence-corrected chi connectivity index (χ1v) is 8.05. The summed E-state index contributed by atoms with van der Waals surface area (Å²) >= 11 is 0. The number of nitrogens with one attached hydrogen (secondary N) is 2. The fourth-order valence-corrected chi connectivity index (χ4v) is 2.47. The SMILES string of the molecule is O=C(C[n+]1cccc(O)c1)Nc1ccccc1C(=O)Nc1ccccc1. The van der Waals surface area contributed by atoms with Crippen molar-refractivity contribution in [2.45, 2.75) is 6.54 Å². The van der Waals surface area contributed by atoms with Crippen LogP contribution in [0.4, 0.5) is 11.4 Å². The van der Waals surface area contributed by atoms with Crippen molar-refractivity contribution in [3.8, 4) is 5.75 Å². The average Bonchev–Trinajstić information content (AvgIpc) is 2.63. The van der Waals surface area contributed by atoms with E-state index in [2.05, 4.69) is 10.6 Å². The molecule has 0 unspecified atom stereocenters. The lowest BCUT2D eigenvalue weighted by molar-refractivity contribution is -0.684. The van der Waals surface area contributed by atoms with Crippen LogP contribution >= 0.6 is 0 Å². The fourth-order valence-electron chi connectivity index (χ4n) is 2.47. The van der Waals surface area contributed by atoms with E-state index >= 15 is 0 Å². The predicted octanol–water partition coefficient (Wildman–Crippen LogP) is 2.57. The summed E-state index contributed by atoms with van der Waals surface area (Å²) in [5.41, 5.74) is 1.46. The number of carbonyl (C=O) groups is 2. The van der Waals surface area contributed by atoms with Gasteiger partial charge in [-0.25, -0.2) is 0 Å². The number of nitrogens with zero attached hydrogens (tertiary/aromatic N) is 1. The molecule has 3 N–H and O–H groups in total. The number of amides is 2. The third-order valence-electron chi connectivity index (χ3n) is 3.65.